The smallest absolute Gasteiger partial charge is 0.327 e. The second-order valence-electron chi connectivity index (χ2n) is 4.03. The van der Waals surface area contributed by atoms with Gasteiger partial charge in [0.2, 0.25) is 0 Å². The van der Waals surface area contributed by atoms with E-state index in [4.69, 9.17) is 4.74 Å². The van der Waals surface area contributed by atoms with Gasteiger partial charge in [0.1, 0.15) is 6.04 Å². The fourth-order valence-corrected chi connectivity index (χ4v) is 1.85. The van der Waals surface area contributed by atoms with Crippen LogP contribution in [0.25, 0.3) is 5.69 Å². The molecule has 0 saturated heterocycles. The van der Waals surface area contributed by atoms with Crippen LogP contribution < -0.4 is 5.32 Å². The van der Waals surface area contributed by atoms with Crippen LogP contribution in [0.1, 0.15) is 18.5 Å². The van der Waals surface area contributed by atoms with Crippen LogP contribution in [0, 0.1) is 0 Å². The van der Waals surface area contributed by atoms with Gasteiger partial charge in [0, 0.05) is 11.8 Å². The predicted octanol–water partition coefficient (Wildman–Crippen LogP) is 1.70. The maximum absolute atomic E-state index is 11.8. The summed E-state index contributed by atoms with van der Waals surface area (Å²) in [6.45, 7) is 2.15. The number of carbonyl (C=O) groups is 1. The van der Waals surface area contributed by atoms with Gasteiger partial charge in [-0.1, -0.05) is 18.2 Å². The Bertz CT molecular complexity index is 537. The van der Waals surface area contributed by atoms with Crippen LogP contribution in [0.2, 0.25) is 0 Å². The average molecular weight is 259 g/mol. The van der Waals surface area contributed by atoms with Gasteiger partial charge in [-0.05, 0) is 26.1 Å². The molecule has 5 heteroatoms. The van der Waals surface area contributed by atoms with Gasteiger partial charge in [-0.15, -0.1) is 0 Å². The summed E-state index contributed by atoms with van der Waals surface area (Å²) in [5.74, 6) is -0.294. The van der Waals surface area contributed by atoms with Gasteiger partial charge in [0.05, 0.1) is 18.5 Å². The Morgan fingerprint density at radius 3 is 2.79 bits per heavy atom. The lowest BCUT2D eigenvalue weighted by atomic mass is 10.1. The van der Waals surface area contributed by atoms with Crippen molar-refractivity contribution in [3.05, 3.63) is 48.3 Å². The topological polar surface area (TPSA) is 56.1 Å². The van der Waals surface area contributed by atoms with E-state index in [-0.39, 0.29) is 5.97 Å². The van der Waals surface area contributed by atoms with Crippen molar-refractivity contribution in [1.82, 2.24) is 15.1 Å². The van der Waals surface area contributed by atoms with Gasteiger partial charge < -0.3 is 10.1 Å². The van der Waals surface area contributed by atoms with Crippen LogP contribution in [0.4, 0.5) is 0 Å². The first-order valence-electron chi connectivity index (χ1n) is 6.20. The highest BCUT2D eigenvalue weighted by Gasteiger charge is 2.21. The van der Waals surface area contributed by atoms with Gasteiger partial charge >= 0.3 is 5.97 Å². The second-order valence-corrected chi connectivity index (χ2v) is 4.03. The number of hydrogen-bond donors (Lipinski definition) is 1. The van der Waals surface area contributed by atoms with Gasteiger partial charge in [0.15, 0.2) is 0 Å². The number of benzene rings is 1. The molecule has 1 heterocycles. The van der Waals surface area contributed by atoms with E-state index in [2.05, 4.69) is 10.4 Å². The number of carbonyl (C=O) groups excluding carboxylic acids is 1. The molecule has 2 aromatic rings. The number of rotatable bonds is 5. The summed E-state index contributed by atoms with van der Waals surface area (Å²) in [6, 6.07) is 9.25. The zero-order valence-corrected chi connectivity index (χ0v) is 11.0. The minimum Gasteiger partial charge on any atom is -0.465 e. The Labute approximate surface area is 112 Å². The maximum Gasteiger partial charge on any atom is 0.327 e. The Hall–Kier alpha value is -2.14. The SMILES string of the molecule is CCOC(=O)C(NC)c1cnn(-c2ccccc2)c1. The fraction of sp³-hybridized carbons (Fsp3) is 0.286. The number of likely N-dealkylation sites (N-methyl/N-ethyl adjacent to an activating group) is 1. The largest absolute Gasteiger partial charge is 0.465 e. The number of nitrogens with one attached hydrogen (secondary N) is 1. The molecule has 0 aliphatic heterocycles. The van der Waals surface area contributed by atoms with Crippen molar-refractivity contribution in [2.75, 3.05) is 13.7 Å². The van der Waals surface area contributed by atoms with E-state index in [1.165, 1.54) is 0 Å². The van der Waals surface area contributed by atoms with Crippen LogP contribution in [0.5, 0.6) is 0 Å². The van der Waals surface area contributed by atoms with E-state index < -0.39 is 6.04 Å². The predicted molar refractivity (Wildman–Crippen MR) is 72.0 cm³/mol. The first-order valence-corrected chi connectivity index (χ1v) is 6.20. The second kappa shape index (κ2) is 6.15. The summed E-state index contributed by atoms with van der Waals surface area (Å²) in [6.07, 6.45) is 3.50. The lowest BCUT2D eigenvalue weighted by molar-refractivity contribution is -0.145. The average Bonchev–Trinajstić information content (AvgIpc) is 2.90. The quantitative estimate of drug-likeness (QED) is 0.830. The Morgan fingerprint density at radius 2 is 2.16 bits per heavy atom. The molecule has 19 heavy (non-hydrogen) atoms. The zero-order valence-electron chi connectivity index (χ0n) is 11.0. The standard InChI is InChI=1S/C14H17N3O2/c1-3-19-14(18)13(15-2)11-9-16-17(10-11)12-7-5-4-6-8-12/h4-10,13,15H,3H2,1-2H3. The van der Waals surface area contributed by atoms with Crippen molar-refractivity contribution in [3.63, 3.8) is 0 Å². The van der Waals surface area contributed by atoms with Crippen LogP contribution >= 0.6 is 0 Å². The molecule has 0 saturated carbocycles. The van der Waals surface area contributed by atoms with Crippen LogP contribution in [-0.2, 0) is 9.53 Å². The number of aromatic nitrogens is 2. The van der Waals surface area contributed by atoms with Gasteiger partial charge in [-0.2, -0.15) is 5.10 Å². The normalized spacial score (nSPS) is 12.1. The molecule has 100 valence electrons. The molecule has 1 unspecified atom stereocenters. The Morgan fingerprint density at radius 1 is 1.42 bits per heavy atom. The Kier molecular flexibility index (Phi) is 4.30. The van der Waals surface area contributed by atoms with E-state index in [1.807, 2.05) is 36.5 Å². The summed E-state index contributed by atoms with van der Waals surface area (Å²) in [5, 5.41) is 7.21. The molecule has 5 nitrogen and oxygen atoms in total. The molecule has 0 fully saturated rings. The molecule has 2 rings (SSSR count). The molecular weight excluding hydrogens is 242 g/mol. The molecule has 0 radical (unpaired) electrons. The van der Waals surface area contributed by atoms with E-state index >= 15 is 0 Å². The highest BCUT2D eigenvalue weighted by Crippen LogP contribution is 2.15. The molecule has 1 atom stereocenters. The van der Waals surface area contributed by atoms with Gasteiger partial charge in [0.25, 0.3) is 0 Å². The van der Waals surface area contributed by atoms with E-state index in [0.717, 1.165) is 11.3 Å². The molecule has 0 bridgehead atoms. The number of esters is 1. The van der Waals surface area contributed by atoms with Crippen molar-refractivity contribution < 1.29 is 9.53 Å². The summed E-state index contributed by atoms with van der Waals surface area (Å²) >= 11 is 0. The minimum absolute atomic E-state index is 0.294. The molecule has 1 N–H and O–H groups in total. The van der Waals surface area contributed by atoms with Gasteiger partial charge in [-0.3, -0.25) is 0 Å². The monoisotopic (exact) mass is 259 g/mol. The zero-order chi connectivity index (χ0) is 13.7. The van der Waals surface area contributed by atoms with Crippen molar-refractivity contribution in [1.29, 1.82) is 0 Å². The van der Waals surface area contributed by atoms with E-state index in [9.17, 15) is 4.79 Å². The first-order chi connectivity index (χ1) is 9.26. The number of para-hydroxylation sites is 1. The Balaban J connectivity index is 2.22. The summed E-state index contributed by atoms with van der Waals surface area (Å²) < 4.78 is 6.76. The molecule has 1 aromatic carbocycles. The minimum atomic E-state index is -0.489. The molecule has 0 amide bonds. The van der Waals surface area contributed by atoms with Crippen molar-refractivity contribution in [2.45, 2.75) is 13.0 Å². The van der Waals surface area contributed by atoms with E-state index in [0.29, 0.717) is 6.61 Å². The third-order valence-electron chi connectivity index (χ3n) is 2.77. The number of nitrogens with zero attached hydrogens (tertiary/aromatic N) is 2. The highest BCUT2D eigenvalue weighted by atomic mass is 16.5. The molecular formula is C14H17N3O2. The first kappa shape index (κ1) is 13.3. The summed E-state index contributed by atoms with van der Waals surface area (Å²) in [5.41, 5.74) is 1.73. The maximum atomic E-state index is 11.8. The van der Waals surface area contributed by atoms with Crippen LogP contribution in [0.15, 0.2) is 42.7 Å². The molecule has 1 aromatic heterocycles. The third kappa shape index (κ3) is 3.00. The molecule has 0 spiro atoms. The van der Waals surface area contributed by atoms with Crippen molar-refractivity contribution in [3.8, 4) is 5.69 Å². The van der Waals surface area contributed by atoms with Crippen molar-refractivity contribution in [2.24, 2.45) is 0 Å². The fourth-order valence-electron chi connectivity index (χ4n) is 1.85. The molecule has 0 aliphatic rings. The number of hydrogen-bond acceptors (Lipinski definition) is 4. The van der Waals surface area contributed by atoms with Crippen molar-refractivity contribution >= 4 is 5.97 Å². The lowest BCUT2D eigenvalue weighted by Crippen LogP contribution is -2.27. The van der Waals surface area contributed by atoms with Crippen LogP contribution in [-0.4, -0.2) is 29.4 Å². The summed E-state index contributed by atoms with van der Waals surface area (Å²) in [7, 11) is 1.72. The molecule has 0 aliphatic carbocycles. The van der Waals surface area contributed by atoms with E-state index in [1.54, 1.807) is 24.9 Å². The highest BCUT2D eigenvalue weighted by molar-refractivity contribution is 5.77. The van der Waals surface area contributed by atoms with Gasteiger partial charge in [-0.25, -0.2) is 9.48 Å². The van der Waals surface area contributed by atoms with Crippen LogP contribution in [0.3, 0.4) is 0 Å². The number of ether oxygens (including phenoxy) is 1. The summed E-state index contributed by atoms with van der Waals surface area (Å²) in [4.78, 5) is 11.8. The lowest BCUT2D eigenvalue weighted by Gasteiger charge is -2.12. The third-order valence-corrected chi connectivity index (χ3v) is 2.77.